The van der Waals surface area contributed by atoms with Gasteiger partial charge >= 0.3 is 0 Å². The highest BCUT2D eigenvalue weighted by Crippen LogP contribution is 2.31. The first-order valence-corrected chi connectivity index (χ1v) is 8.41. The fourth-order valence-corrected chi connectivity index (χ4v) is 3.65. The second kappa shape index (κ2) is 6.77. The van der Waals surface area contributed by atoms with Gasteiger partial charge in [-0.05, 0) is 57.8 Å². The Morgan fingerprint density at radius 1 is 1.30 bits per heavy atom. The molecule has 1 N–H and O–H groups in total. The molecule has 0 spiro atoms. The van der Waals surface area contributed by atoms with E-state index in [2.05, 4.69) is 23.2 Å². The topological polar surface area (TPSA) is 28.4 Å². The van der Waals surface area contributed by atoms with Gasteiger partial charge in [0.25, 0.3) is 0 Å². The molecule has 1 aliphatic heterocycles. The molecule has 1 saturated heterocycles. The highest BCUT2D eigenvalue weighted by molar-refractivity contribution is 5.24. The standard InChI is InChI=1S/C17H28N2O/c1-2-3-10-19-11-7-14(8-12-19)18-16-5-4-6-17-15(16)9-13-20-17/h9,13-14,16,18H,2-8,10-12H2,1H3. The van der Waals surface area contributed by atoms with Crippen molar-refractivity contribution >= 4 is 0 Å². The summed E-state index contributed by atoms with van der Waals surface area (Å²) in [7, 11) is 0. The highest BCUT2D eigenvalue weighted by Gasteiger charge is 2.26. The Morgan fingerprint density at radius 2 is 2.15 bits per heavy atom. The SMILES string of the molecule is CCCCN1CCC(NC2CCCc3occc32)CC1. The summed E-state index contributed by atoms with van der Waals surface area (Å²) < 4.78 is 5.59. The summed E-state index contributed by atoms with van der Waals surface area (Å²) in [5.74, 6) is 1.22. The van der Waals surface area contributed by atoms with Gasteiger partial charge in [0.2, 0.25) is 0 Å². The minimum absolute atomic E-state index is 0.532. The molecular formula is C17H28N2O. The van der Waals surface area contributed by atoms with Crippen LogP contribution in [0, 0.1) is 0 Å². The molecule has 1 atom stereocenters. The molecule has 112 valence electrons. The Labute approximate surface area is 122 Å². The predicted molar refractivity (Wildman–Crippen MR) is 81.9 cm³/mol. The van der Waals surface area contributed by atoms with Crippen LogP contribution in [0.3, 0.4) is 0 Å². The van der Waals surface area contributed by atoms with Crippen molar-refractivity contribution in [3.63, 3.8) is 0 Å². The van der Waals surface area contributed by atoms with Crippen molar-refractivity contribution in [3.8, 4) is 0 Å². The third kappa shape index (κ3) is 3.26. The van der Waals surface area contributed by atoms with Crippen molar-refractivity contribution < 1.29 is 4.42 Å². The third-order valence-electron chi connectivity index (χ3n) is 4.90. The maximum Gasteiger partial charge on any atom is 0.108 e. The van der Waals surface area contributed by atoms with Gasteiger partial charge in [0.15, 0.2) is 0 Å². The van der Waals surface area contributed by atoms with Crippen LogP contribution in [0.1, 0.15) is 62.8 Å². The van der Waals surface area contributed by atoms with Crippen molar-refractivity contribution in [2.45, 2.75) is 64.0 Å². The number of furan rings is 1. The van der Waals surface area contributed by atoms with E-state index in [0.29, 0.717) is 12.1 Å². The molecule has 0 aromatic carbocycles. The van der Waals surface area contributed by atoms with E-state index in [4.69, 9.17) is 4.42 Å². The number of nitrogens with one attached hydrogen (secondary N) is 1. The molecule has 2 heterocycles. The van der Waals surface area contributed by atoms with Crippen LogP contribution in [0.4, 0.5) is 0 Å². The zero-order valence-electron chi connectivity index (χ0n) is 12.7. The van der Waals surface area contributed by atoms with Crippen LogP contribution in [-0.2, 0) is 6.42 Å². The van der Waals surface area contributed by atoms with E-state index < -0.39 is 0 Å². The monoisotopic (exact) mass is 276 g/mol. The van der Waals surface area contributed by atoms with Gasteiger partial charge in [0, 0.05) is 24.1 Å². The van der Waals surface area contributed by atoms with Crippen molar-refractivity contribution in [3.05, 3.63) is 23.7 Å². The molecule has 1 aromatic rings. The summed E-state index contributed by atoms with van der Waals surface area (Å²) in [6.45, 7) is 6.10. The Hall–Kier alpha value is -0.800. The van der Waals surface area contributed by atoms with E-state index in [1.54, 1.807) is 0 Å². The smallest absolute Gasteiger partial charge is 0.108 e. The van der Waals surface area contributed by atoms with Gasteiger partial charge in [-0.1, -0.05) is 13.3 Å². The molecule has 3 rings (SSSR count). The maximum atomic E-state index is 5.59. The number of hydrogen-bond donors (Lipinski definition) is 1. The van der Waals surface area contributed by atoms with Gasteiger partial charge in [0.1, 0.15) is 5.76 Å². The van der Waals surface area contributed by atoms with Crippen molar-refractivity contribution in [1.82, 2.24) is 10.2 Å². The number of nitrogens with zero attached hydrogens (tertiary/aromatic N) is 1. The molecule has 1 aliphatic carbocycles. The minimum Gasteiger partial charge on any atom is -0.469 e. The summed E-state index contributed by atoms with van der Waals surface area (Å²) in [6.07, 6.45) is 10.8. The summed E-state index contributed by atoms with van der Waals surface area (Å²) in [6, 6.07) is 3.39. The first kappa shape index (κ1) is 14.2. The molecule has 1 aromatic heterocycles. The van der Waals surface area contributed by atoms with E-state index >= 15 is 0 Å². The molecule has 20 heavy (non-hydrogen) atoms. The summed E-state index contributed by atoms with van der Waals surface area (Å²) in [5.41, 5.74) is 1.42. The number of hydrogen-bond acceptors (Lipinski definition) is 3. The summed E-state index contributed by atoms with van der Waals surface area (Å²) in [5, 5.41) is 3.89. The van der Waals surface area contributed by atoms with E-state index in [9.17, 15) is 0 Å². The zero-order valence-corrected chi connectivity index (χ0v) is 12.7. The number of fused-ring (bicyclic) bond motifs is 1. The first-order chi connectivity index (χ1) is 9.86. The number of rotatable bonds is 5. The Bertz CT molecular complexity index is 407. The Kier molecular flexibility index (Phi) is 4.79. The molecule has 0 radical (unpaired) electrons. The van der Waals surface area contributed by atoms with Gasteiger partial charge in [-0.25, -0.2) is 0 Å². The summed E-state index contributed by atoms with van der Waals surface area (Å²) >= 11 is 0. The van der Waals surface area contributed by atoms with Gasteiger partial charge in [-0.3, -0.25) is 0 Å². The number of unbranched alkanes of at least 4 members (excludes halogenated alkanes) is 1. The Morgan fingerprint density at radius 3 is 2.95 bits per heavy atom. The fraction of sp³-hybridized carbons (Fsp3) is 0.765. The van der Waals surface area contributed by atoms with E-state index in [1.807, 2.05) is 6.26 Å². The van der Waals surface area contributed by atoms with Crippen LogP contribution in [0.5, 0.6) is 0 Å². The quantitative estimate of drug-likeness (QED) is 0.892. The van der Waals surface area contributed by atoms with E-state index in [0.717, 1.165) is 6.42 Å². The summed E-state index contributed by atoms with van der Waals surface area (Å²) in [4.78, 5) is 2.63. The van der Waals surface area contributed by atoms with Gasteiger partial charge in [0.05, 0.1) is 6.26 Å². The third-order valence-corrected chi connectivity index (χ3v) is 4.90. The molecule has 2 aliphatic rings. The molecular weight excluding hydrogens is 248 g/mol. The molecule has 3 heteroatoms. The van der Waals surface area contributed by atoms with Crippen molar-refractivity contribution in [2.24, 2.45) is 0 Å². The van der Waals surface area contributed by atoms with Crippen LogP contribution in [0.25, 0.3) is 0 Å². The van der Waals surface area contributed by atoms with Crippen LogP contribution in [0.2, 0.25) is 0 Å². The lowest BCUT2D eigenvalue weighted by Gasteiger charge is -2.35. The molecule has 0 amide bonds. The predicted octanol–water partition coefficient (Wildman–Crippen LogP) is 3.51. The lowest BCUT2D eigenvalue weighted by Crippen LogP contribution is -2.44. The zero-order chi connectivity index (χ0) is 13.8. The number of aryl methyl sites for hydroxylation is 1. The van der Waals surface area contributed by atoms with Crippen LogP contribution in [0.15, 0.2) is 16.7 Å². The van der Waals surface area contributed by atoms with Gasteiger partial charge in [-0.15, -0.1) is 0 Å². The van der Waals surface area contributed by atoms with Gasteiger partial charge in [-0.2, -0.15) is 0 Å². The first-order valence-electron chi connectivity index (χ1n) is 8.41. The average Bonchev–Trinajstić information content (AvgIpc) is 2.96. The number of likely N-dealkylation sites (tertiary alicyclic amines) is 1. The fourth-order valence-electron chi connectivity index (χ4n) is 3.65. The normalized spacial score (nSPS) is 24.8. The second-order valence-electron chi connectivity index (χ2n) is 6.38. The van der Waals surface area contributed by atoms with Crippen molar-refractivity contribution in [2.75, 3.05) is 19.6 Å². The molecule has 1 unspecified atom stereocenters. The van der Waals surface area contributed by atoms with Crippen LogP contribution < -0.4 is 5.32 Å². The largest absolute Gasteiger partial charge is 0.469 e. The Balaban J connectivity index is 1.49. The van der Waals surface area contributed by atoms with Crippen molar-refractivity contribution in [1.29, 1.82) is 0 Å². The van der Waals surface area contributed by atoms with Crippen LogP contribution >= 0.6 is 0 Å². The molecule has 0 bridgehead atoms. The molecule has 3 nitrogen and oxygen atoms in total. The lowest BCUT2D eigenvalue weighted by molar-refractivity contribution is 0.185. The maximum absolute atomic E-state index is 5.59. The molecule has 1 fully saturated rings. The average molecular weight is 276 g/mol. The van der Waals surface area contributed by atoms with Crippen LogP contribution in [-0.4, -0.2) is 30.6 Å². The minimum atomic E-state index is 0.532. The number of piperidine rings is 1. The van der Waals surface area contributed by atoms with Gasteiger partial charge < -0.3 is 14.6 Å². The highest BCUT2D eigenvalue weighted by atomic mass is 16.3. The van der Waals surface area contributed by atoms with E-state index in [-0.39, 0.29) is 0 Å². The van der Waals surface area contributed by atoms with E-state index in [1.165, 1.54) is 69.5 Å². The lowest BCUT2D eigenvalue weighted by atomic mass is 9.91. The molecule has 0 saturated carbocycles. The second-order valence-corrected chi connectivity index (χ2v) is 6.38.